The Morgan fingerprint density at radius 3 is 1.24 bits per heavy atom. The van der Waals surface area contributed by atoms with Gasteiger partial charge in [0, 0.05) is 6.42 Å². The van der Waals surface area contributed by atoms with Crippen molar-refractivity contribution in [2.75, 3.05) is 40.9 Å². The molecule has 0 aromatic rings. The fraction of sp³-hybridized carbons (Fsp3) is 0.738. The van der Waals surface area contributed by atoms with Gasteiger partial charge in [-0.1, -0.05) is 259 Å². The summed E-state index contributed by atoms with van der Waals surface area (Å²) >= 11 is 0. The number of nitrogens with zero attached hydrogens (tertiary/aromatic N) is 1. The van der Waals surface area contributed by atoms with Crippen molar-refractivity contribution in [2.45, 2.75) is 270 Å². The lowest BCUT2D eigenvalue weighted by atomic mass is 10.0. The number of allylic oxidation sites excluding steroid dienone is 15. The minimum atomic E-state index is -4.36. The maximum Gasteiger partial charge on any atom is 0.472 e. The Morgan fingerprint density at radius 1 is 0.473 bits per heavy atom. The van der Waals surface area contributed by atoms with Crippen LogP contribution in [0.3, 0.4) is 0 Å². The molecule has 0 heterocycles. The van der Waals surface area contributed by atoms with Crippen molar-refractivity contribution < 1.29 is 32.9 Å². The van der Waals surface area contributed by atoms with Gasteiger partial charge >= 0.3 is 7.82 Å². The molecule has 0 fully saturated rings. The molecular formula is C65H118N2O6P+. The van der Waals surface area contributed by atoms with Gasteiger partial charge in [-0.05, 0) is 89.9 Å². The number of rotatable bonds is 55. The number of carbonyl (C=O) groups is 1. The lowest BCUT2D eigenvalue weighted by Crippen LogP contribution is -2.45. The monoisotopic (exact) mass is 1050 g/mol. The molecule has 0 radical (unpaired) electrons. The van der Waals surface area contributed by atoms with E-state index in [1.54, 1.807) is 6.08 Å². The molecule has 1 amide bonds. The number of phosphoric acid groups is 1. The molecule has 3 atom stereocenters. The van der Waals surface area contributed by atoms with Gasteiger partial charge in [-0.2, -0.15) is 0 Å². The van der Waals surface area contributed by atoms with Crippen LogP contribution in [0, 0.1) is 0 Å². The first-order valence-corrected chi connectivity index (χ1v) is 32.1. The van der Waals surface area contributed by atoms with E-state index < -0.39 is 20.0 Å². The predicted molar refractivity (Wildman–Crippen MR) is 322 cm³/mol. The van der Waals surface area contributed by atoms with Gasteiger partial charge in [0.1, 0.15) is 13.2 Å². The molecule has 3 unspecified atom stereocenters. The van der Waals surface area contributed by atoms with Gasteiger partial charge in [0.15, 0.2) is 0 Å². The van der Waals surface area contributed by atoms with Crippen LogP contribution in [0.2, 0.25) is 0 Å². The molecule has 0 saturated heterocycles. The molecular weight excluding hydrogens is 936 g/mol. The zero-order valence-electron chi connectivity index (χ0n) is 48.8. The number of phosphoric ester groups is 1. The lowest BCUT2D eigenvalue weighted by molar-refractivity contribution is -0.870. The van der Waals surface area contributed by atoms with Crippen molar-refractivity contribution in [3.05, 3.63) is 97.2 Å². The first kappa shape index (κ1) is 71.4. The molecule has 428 valence electrons. The van der Waals surface area contributed by atoms with Crippen LogP contribution in [0.4, 0.5) is 0 Å². The van der Waals surface area contributed by atoms with E-state index in [-0.39, 0.29) is 19.1 Å². The Labute approximate surface area is 458 Å². The van der Waals surface area contributed by atoms with Gasteiger partial charge in [0.05, 0.1) is 39.9 Å². The van der Waals surface area contributed by atoms with Gasteiger partial charge in [-0.15, -0.1) is 0 Å². The molecule has 0 bridgehead atoms. The van der Waals surface area contributed by atoms with Crippen LogP contribution in [0.5, 0.6) is 0 Å². The summed E-state index contributed by atoms with van der Waals surface area (Å²) in [6.07, 6.45) is 79.8. The maximum absolute atomic E-state index is 13.0. The molecule has 0 saturated carbocycles. The lowest BCUT2D eigenvalue weighted by Gasteiger charge is -2.25. The van der Waals surface area contributed by atoms with E-state index in [2.05, 4.69) is 104 Å². The highest BCUT2D eigenvalue weighted by Crippen LogP contribution is 2.43. The normalized spacial score (nSPS) is 14.5. The Balaban J connectivity index is 3.94. The summed E-state index contributed by atoms with van der Waals surface area (Å²) in [5.74, 6) is -0.191. The van der Waals surface area contributed by atoms with Crippen LogP contribution in [-0.2, 0) is 18.4 Å². The zero-order chi connectivity index (χ0) is 54.2. The van der Waals surface area contributed by atoms with Gasteiger partial charge in [0.25, 0.3) is 0 Å². The number of hydrogen-bond acceptors (Lipinski definition) is 5. The zero-order valence-corrected chi connectivity index (χ0v) is 49.7. The Hall–Kier alpha value is -2.58. The van der Waals surface area contributed by atoms with E-state index in [9.17, 15) is 19.4 Å². The molecule has 0 aromatic carbocycles. The third kappa shape index (κ3) is 57.1. The molecule has 8 nitrogen and oxygen atoms in total. The van der Waals surface area contributed by atoms with Gasteiger partial charge in [-0.3, -0.25) is 13.8 Å². The molecule has 9 heteroatoms. The molecule has 0 rings (SSSR count). The fourth-order valence-corrected chi connectivity index (χ4v) is 9.25. The summed E-state index contributed by atoms with van der Waals surface area (Å²) in [5.41, 5.74) is 0. The summed E-state index contributed by atoms with van der Waals surface area (Å²) in [7, 11) is 1.54. The highest BCUT2D eigenvalue weighted by molar-refractivity contribution is 7.47. The van der Waals surface area contributed by atoms with Crippen molar-refractivity contribution in [1.82, 2.24) is 5.32 Å². The topological polar surface area (TPSA) is 105 Å². The molecule has 0 aliphatic heterocycles. The smallest absolute Gasteiger partial charge is 0.387 e. The van der Waals surface area contributed by atoms with Crippen LogP contribution >= 0.6 is 7.82 Å². The quantitative estimate of drug-likeness (QED) is 0.0243. The summed E-state index contributed by atoms with van der Waals surface area (Å²) in [6, 6.07) is -0.871. The van der Waals surface area contributed by atoms with E-state index in [1.165, 1.54) is 154 Å². The summed E-state index contributed by atoms with van der Waals surface area (Å²) < 4.78 is 23.6. The Morgan fingerprint density at radius 2 is 0.824 bits per heavy atom. The standard InChI is InChI=1S/C65H117N2O6P/c1-6-8-10-12-14-16-18-20-21-22-23-24-25-26-27-28-29-30-31-32-33-34-35-36-37-38-39-40-41-42-43-44-45-47-49-51-53-55-57-59-65(69)66-63(62-73-74(70,71)72-61-60-67(3,4)5)64(68)58-56-54-52-50-48-46-19-17-15-13-11-9-7-2/h8,10,14-17,20-21,23-24,26-27,48,50,56,58,63-64,68H,6-7,9,11-13,18-19,22,25,28-47,49,51-55,57,59-62H2,1-5H3,(H-,66,69,70,71)/p+1/b10-8-,16-14-,17-15+,21-20-,24-23-,27-26-,50-48+,58-56+. The second kappa shape index (κ2) is 55.2. The van der Waals surface area contributed by atoms with Crippen molar-refractivity contribution in [1.29, 1.82) is 0 Å². The summed E-state index contributed by atoms with van der Waals surface area (Å²) in [6.45, 7) is 4.64. The maximum atomic E-state index is 13.0. The minimum absolute atomic E-state index is 0.0517. The van der Waals surface area contributed by atoms with Gasteiger partial charge < -0.3 is 19.8 Å². The number of nitrogens with one attached hydrogen (secondary N) is 1. The van der Waals surface area contributed by atoms with Crippen LogP contribution in [0.1, 0.15) is 258 Å². The average Bonchev–Trinajstić information content (AvgIpc) is 3.36. The molecule has 0 aromatic heterocycles. The third-order valence-corrected chi connectivity index (χ3v) is 14.2. The number of unbranched alkanes of at least 4 members (excludes halogenated alkanes) is 28. The van der Waals surface area contributed by atoms with Crippen molar-refractivity contribution in [3.8, 4) is 0 Å². The number of quaternary nitrogens is 1. The highest BCUT2D eigenvalue weighted by Gasteiger charge is 2.27. The molecule has 0 aliphatic carbocycles. The van der Waals surface area contributed by atoms with E-state index in [1.807, 2.05) is 27.2 Å². The third-order valence-electron chi connectivity index (χ3n) is 13.3. The number of hydrogen-bond donors (Lipinski definition) is 3. The second-order valence-electron chi connectivity index (χ2n) is 21.7. The van der Waals surface area contributed by atoms with Crippen molar-refractivity contribution in [3.63, 3.8) is 0 Å². The molecule has 74 heavy (non-hydrogen) atoms. The fourth-order valence-electron chi connectivity index (χ4n) is 8.51. The molecule has 0 aliphatic rings. The van der Waals surface area contributed by atoms with Gasteiger partial charge in [0.2, 0.25) is 5.91 Å². The van der Waals surface area contributed by atoms with Crippen LogP contribution in [-0.4, -0.2) is 73.4 Å². The van der Waals surface area contributed by atoms with E-state index in [4.69, 9.17) is 9.05 Å². The van der Waals surface area contributed by atoms with E-state index in [0.29, 0.717) is 17.4 Å². The van der Waals surface area contributed by atoms with Crippen LogP contribution in [0.25, 0.3) is 0 Å². The van der Waals surface area contributed by atoms with Gasteiger partial charge in [-0.25, -0.2) is 4.57 Å². The summed E-state index contributed by atoms with van der Waals surface area (Å²) in [5, 5.41) is 13.9. The number of amides is 1. The number of aliphatic hydroxyl groups excluding tert-OH is 1. The largest absolute Gasteiger partial charge is 0.472 e. The Bertz CT molecular complexity index is 1520. The Kier molecular flexibility index (Phi) is 53.3. The van der Waals surface area contributed by atoms with Crippen LogP contribution in [0.15, 0.2) is 97.2 Å². The van der Waals surface area contributed by atoms with Crippen molar-refractivity contribution >= 4 is 13.7 Å². The molecule has 0 spiro atoms. The van der Waals surface area contributed by atoms with Crippen LogP contribution < -0.4 is 5.32 Å². The van der Waals surface area contributed by atoms with Crippen molar-refractivity contribution in [2.24, 2.45) is 0 Å². The SMILES string of the molecule is CC/C=C\C/C=C\C/C=C\C/C=C\C/C=C\CCCCCCCCCCCCCCCCCCCCCCCCCC(=O)NC(COP(=O)(O)OCC[N+](C)(C)C)C(O)/C=C/CC/C=C/CC/C=C/CCCCC. The highest BCUT2D eigenvalue weighted by atomic mass is 31.2. The number of carbonyl (C=O) groups excluding carboxylic acids is 1. The average molecular weight is 1050 g/mol. The predicted octanol–water partition coefficient (Wildman–Crippen LogP) is 19.0. The summed E-state index contributed by atoms with van der Waals surface area (Å²) in [4.78, 5) is 23.3. The first-order chi connectivity index (χ1) is 36.0. The molecule has 3 N–H and O–H groups in total. The second-order valence-corrected chi connectivity index (χ2v) is 23.1. The van der Waals surface area contributed by atoms with E-state index in [0.717, 1.165) is 83.5 Å². The number of aliphatic hydroxyl groups is 1. The number of likely N-dealkylation sites (N-methyl/N-ethyl adjacent to an activating group) is 1. The van der Waals surface area contributed by atoms with E-state index >= 15 is 0 Å². The first-order valence-electron chi connectivity index (χ1n) is 30.6. The minimum Gasteiger partial charge on any atom is -0.387 e.